The van der Waals surface area contributed by atoms with Crippen LogP contribution in [0.2, 0.25) is 0 Å². The van der Waals surface area contributed by atoms with Crippen LogP contribution in [0.3, 0.4) is 0 Å². The van der Waals surface area contributed by atoms with Crippen LogP contribution >= 0.6 is 0 Å². The van der Waals surface area contributed by atoms with Gasteiger partial charge in [-0.05, 0) is 25.0 Å². The number of allylic oxidation sites excluding steroid dienone is 1. The van der Waals surface area contributed by atoms with E-state index in [4.69, 9.17) is 9.47 Å². The van der Waals surface area contributed by atoms with Crippen molar-refractivity contribution in [3.05, 3.63) is 42.2 Å². The highest BCUT2D eigenvalue weighted by atomic mass is 16.7. The smallest absolute Gasteiger partial charge is 0.253 e. The van der Waals surface area contributed by atoms with Gasteiger partial charge >= 0.3 is 0 Å². The number of rotatable bonds is 20. The Morgan fingerprint density at radius 2 is 1.68 bits per heavy atom. The molecule has 0 aromatic carbocycles. The van der Waals surface area contributed by atoms with Crippen LogP contribution in [0.25, 0.3) is 0 Å². The fraction of sp³-hybridized carbons (Fsp3) is 0.733. The van der Waals surface area contributed by atoms with Crippen molar-refractivity contribution >= 4 is 5.91 Å². The molecular weight excluding hydrogens is 516 g/mol. The Morgan fingerprint density at radius 3 is 2.27 bits per heavy atom. The minimum absolute atomic E-state index is 0.265. The number of nitrogens with one attached hydrogen (secondary N) is 1. The van der Waals surface area contributed by atoms with Gasteiger partial charge in [0.1, 0.15) is 24.4 Å². The van der Waals surface area contributed by atoms with Gasteiger partial charge in [0.25, 0.3) is 5.91 Å². The van der Waals surface area contributed by atoms with Crippen LogP contribution in [-0.4, -0.2) is 92.5 Å². The summed E-state index contributed by atoms with van der Waals surface area (Å²) in [4.78, 5) is 16.7. The molecule has 10 nitrogen and oxygen atoms in total. The zero-order valence-electron chi connectivity index (χ0n) is 23.8. The number of aliphatic hydroxyl groups excluding tert-OH is 5. The molecule has 0 radical (unpaired) electrons. The lowest BCUT2D eigenvalue weighted by molar-refractivity contribution is -0.302. The molecule has 40 heavy (non-hydrogen) atoms. The summed E-state index contributed by atoms with van der Waals surface area (Å²) in [5.41, 5.74) is 0.303. The molecular formula is C30H50N2O8. The second-order valence-electron chi connectivity index (χ2n) is 10.6. The van der Waals surface area contributed by atoms with Crippen LogP contribution in [0, 0.1) is 0 Å². The van der Waals surface area contributed by atoms with Crippen molar-refractivity contribution in [3.63, 3.8) is 0 Å². The van der Waals surface area contributed by atoms with Gasteiger partial charge in [0.15, 0.2) is 6.29 Å². The molecule has 2 heterocycles. The largest absolute Gasteiger partial charge is 0.394 e. The fourth-order valence-corrected chi connectivity index (χ4v) is 4.67. The van der Waals surface area contributed by atoms with Gasteiger partial charge < -0.3 is 40.3 Å². The van der Waals surface area contributed by atoms with Crippen molar-refractivity contribution < 1.29 is 39.8 Å². The molecule has 1 amide bonds. The summed E-state index contributed by atoms with van der Waals surface area (Å²) in [5.74, 6) is -0.465. The maximum absolute atomic E-state index is 12.7. The predicted octanol–water partition coefficient (Wildman–Crippen LogP) is 2.61. The Labute approximate surface area is 238 Å². The minimum atomic E-state index is -1.59. The van der Waals surface area contributed by atoms with Crippen LogP contribution in [0.5, 0.6) is 0 Å². The molecule has 0 bridgehead atoms. The third kappa shape index (κ3) is 12.3. The molecule has 2 rings (SSSR count). The van der Waals surface area contributed by atoms with Gasteiger partial charge in [0.05, 0.1) is 30.9 Å². The number of nitrogens with zero attached hydrogens (tertiary/aromatic N) is 1. The lowest BCUT2D eigenvalue weighted by Crippen LogP contribution is -2.60. The van der Waals surface area contributed by atoms with Crippen molar-refractivity contribution in [1.82, 2.24) is 10.3 Å². The van der Waals surface area contributed by atoms with Crippen molar-refractivity contribution in [2.75, 3.05) is 13.2 Å². The molecule has 0 spiro atoms. The van der Waals surface area contributed by atoms with Gasteiger partial charge in [-0.3, -0.25) is 9.78 Å². The molecule has 228 valence electrons. The van der Waals surface area contributed by atoms with E-state index in [1.54, 1.807) is 24.4 Å². The molecule has 1 aliphatic heterocycles. The topological polar surface area (TPSA) is 162 Å². The zero-order valence-corrected chi connectivity index (χ0v) is 23.8. The number of unbranched alkanes of at least 4 members (excludes halogenated alkanes) is 11. The summed E-state index contributed by atoms with van der Waals surface area (Å²) >= 11 is 0. The molecule has 6 N–H and O–H groups in total. The van der Waals surface area contributed by atoms with Crippen molar-refractivity contribution in [1.29, 1.82) is 0 Å². The van der Waals surface area contributed by atoms with Crippen LogP contribution in [0.4, 0.5) is 0 Å². The first kappa shape index (κ1) is 34.3. The van der Waals surface area contributed by atoms with Gasteiger partial charge in [-0.15, -0.1) is 0 Å². The number of aliphatic hydroxyl groups is 5. The standard InChI is InChI=1S/C30H50N2O8/c1-2-3-4-5-6-7-8-9-10-11-12-13-14-17-24(34)23(32-29(38)22-16-15-18-31-19-22)21-39-30-28(37)27(36)26(35)25(20-33)40-30/h14-19,23-28,30,33-37H,2-13,20-21H2,1H3,(H,32,38). The van der Waals surface area contributed by atoms with Gasteiger partial charge in [-0.25, -0.2) is 0 Å². The number of amides is 1. The zero-order chi connectivity index (χ0) is 29.2. The first-order chi connectivity index (χ1) is 19.4. The number of hydrogen-bond acceptors (Lipinski definition) is 9. The van der Waals surface area contributed by atoms with Crippen molar-refractivity contribution in [2.24, 2.45) is 0 Å². The number of carbonyl (C=O) groups excluding carboxylic acids is 1. The third-order valence-electron chi connectivity index (χ3n) is 7.25. The molecule has 1 fully saturated rings. The molecule has 0 saturated carbocycles. The molecule has 1 aliphatic rings. The van der Waals surface area contributed by atoms with Crippen LogP contribution in [0.15, 0.2) is 36.7 Å². The number of ether oxygens (including phenoxy) is 2. The molecule has 10 heteroatoms. The molecule has 7 unspecified atom stereocenters. The van der Waals surface area contributed by atoms with Gasteiger partial charge in [-0.2, -0.15) is 0 Å². The normalized spacial score (nSPS) is 24.7. The highest BCUT2D eigenvalue weighted by Crippen LogP contribution is 2.22. The van der Waals surface area contributed by atoms with E-state index in [0.29, 0.717) is 5.56 Å². The van der Waals surface area contributed by atoms with Crippen LogP contribution in [0.1, 0.15) is 94.3 Å². The molecule has 0 aliphatic carbocycles. The van der Waals surface area contributed by atoms with Crippen molar-refractivity contribution in [2.45, 2.75) is 127 Å². The van der Waals surface area contributed by atoms with Gasteiger partial charge in [0.2, 0.25) is 0 Å². The Morgan fingerprint density at radius 1 is 1.02 bits per heavy atom. The van der Waals surface area contributed by atoms with E-state index >= 15 is 0 Å². The van der Waals surface area contributed by atoms with E-state index in [9.17, 15) is 30.3 Å². The Balaban J connectivity index is 1.82. The van der Waals surface area contributed by atoms with Gasteiger partial charge in [0, 0.05) is 12.4 Å². The number of carbonyl (C=O) groups is 1. The van der Waals surface area contributed by atoms with E-state index in [-0.39, 0.29) is 6.61 Å². The third-order valence-corrected chi connectivity index (χ3v) is 7.25. The fourth-order valence-electron chi connectivity index (χ4n) is 4.67. The monoisotopic (exact) mass is 566 g/mol. The highest BCUT2D eigenvalue weighted by molar-refractivity contribution is 5.94. The molecule has 1 aromatic rings. The predicted molar refractivity (Wildman–Crippen MR) is 151 cm³/mol. The first-order valence-corrected chi connectivity index (χ1v) is 14.9. The lowest BCUT2D eigenvalue weighted by atomic mass is 9.99. The van der Waals surface area contributed by atoms with E-state index in [2.05, 4.69) is 17.2 Å². The summed E-state index contributed by atoms with van der Waals surface area (Å²) in [6, 6.07) is 2.30. The molecule has 1 aromatic heterocycles. The van der Waals surface area contributed by atoms with Crippen LogP contribution in [-0.2, 0) is 9.47 Å². The Hall–Kier alpha value is -1.92. The summed E-state index contributed by atoms with van der Waals surface area (Å²) in [7, 11) is 0. The summed E-state index contributed by atoms with van der Waals surface area (Å²) in [6.07, 6.45) is 12.8. The van der Waals surface area contributed by atoms with E-state index in [1.807, 2.05) is 6.08 Å². The quantitative estimate of drug-likeness (QED) is 0.103. The molecule has 7 atom stereocenters. The number of pyridine rings is 1. The average Bonchev–Trinajstić information content (AvgIpc) is 2.97. The molecule has 1 saturated heterocycles. The average molecular weight is 567 g/mol. The van der Waals surface area contributed by atoms with Gasteiger partial charge in [-0.1, -0.05) is 83.3 Å². The summed E-state index contributed by atoms with van der Waals surface area (Å²) < 4.78 is 11.0. The lowest BCUT2D eigenvalue weighted by Gasteiger charge is -2.40. The van der Waals surface area contributed by atoms with E-state index in [1.165, 1.54) is 64.0 Å². The second-order valence-corrected chi connectivity index (χ2v) is 10.6. The Bertz CT molecular complexity index is 825. The number of hydrogen-bond donors (Lipinski definition) is 6. The highest BCUT2D eigenvalue weighted by Gasteiger charge is 2.44. The van der Waals surface area contributed by atoms with E-state index in [0.717, 1.165) is 19.3 Å². The maximum Gasteiger partial charge on any atom is 0.253 e. The maximum atomic E-state index is 12.7. The Kier molecular flexibility index (Phi) is 17.2. The number of aromatic nitrogens is 1. The summed E-state index contributed by atoms with van der Waals surface area (Å²) in [6.45, 7) is 1.38. The van der Waals surface area contributed by atoms with E-state index < -0.39 is 55.4 Å². The SMILES string of the molecule is CCCCCCCCCCCCCC=CC(O)C(COC1OC(CO)C(O)C(O)C1O)NC(=O)c1cccnc1. The second kappa shape index (κ2) is 20.0. The summed E-state index contributed by atoms with van der Waals surface area (Å²) in [5, 5.41) is 53.2. The first-order valence-electron chi connectivity index (χ1n) is 14.9. The minimum Gasteiger partial charge on any atom is -0.394 e. The van der Waals surface area contributed by atoms with Crippen LogP contribution < -0.4 is 5.32 Å². The van der Waals surface area contributed by atoms with Crippen molar-refractivity contribution in [3.8, 4) is 0 Å².